The van der Waals surface area contributed by atoms with Crippen molar-refractivity contribution in [2.45, 2.75) is 48.4 Å². The van der Waals surface area contributed by atoms with Gasteiger partial charge in [-0.05, 0) is 0 Å². The van der Waals surface area contributed by atoms with Crippen LogP contribution >= 0.6 is 0 Å². The Bertz CT molecular complexity index is 1020. The van der Waals surface area contributed by atoms with E-state index in [1.807, 2.05) is 22.9 Å². The van der Waals surface area contributed by atoms with E-state index in [9.17, 15) is 0 Å². The van der Waals surface area contributed by atoms with Gasteiger partial charge in [0.2, 0.25) is 0 Å². The average molecular weight is 430 g/mol. The second-order valence-electron chi connectivity index (χ2n) is 8.82. The zero-order chi connectivity index (χ0) is 19.1. The predicted octanol–water partition coefficient (Wildman–Crippen LogP) is 4.94. The summed E-state index contributed by atoms with van der Waals surface area (Å²) in [5.41, 5.74) is 8.16. The molecule has 0 amide bonds. The Hall–Kier alpha value is -1.94. The molecule has 4 heterocycles. The number of benzene rings is 1. The van der Waals surface area contributed by atoms with Crippen molar-refractivity contribution >= 4 is 17.7 Å². The van der Waals surface area contributed by atoms with E-state index in [4.69, 9.17) is 0 Å². The first kappa shape index (κ1) is 18.1. The molecule has 2 nitrogen and oxygen atoms in total. The van der Waals surface area contributed by atoms with Crippen molar-refractivity contribution in [3.05, 3.63) is 66.1 Å². The van der Waals surface area contributed by atoms with Crippen LogP contribution in [0, 0.1) is 6.92 Å². The molecule has 2 aliphatic heterocycles. The van der Waals surface area contributed by atoms with Crippen LogP contribution in [0.5, 0.6) is 0 Å². The SMILES string of the molecule is Cc1ccc(-c2cccnc2)cc1-c1cc2[c](c[n+]1C)[Ge]1([CH2]CC[CH2]1)[CH2]CC2. The molecule has 0 unspecified atom stereocenters. The summed E-state index contributed by atoms with van der Waals surface area (Å²) in [5.74, 6) is 0. The Morgan fingerprint density at radius 1 is 0.964 bits per heavy atom. The van der Waals surface area contributed by atoms with E-state index >= 15 is 0 Å². The fraction of sp³-hybridized carbons (Fsp3) is 0.360. The molecule has 0 saturated carbocycles. The summed E-state index contributed by atoms with van der Waals surface area (Å²) in [6.45, 7) is 2.23. The molecular weight excluding hydrogens is 401 g/mol. The quantitative estimate of drug-likeness (QED) is 0.416. The van der Waals surface area contributed by atoms with Crippen molar-refractivity contribution in [1.29, 1.82) is 0 Å². The van der Waals surface area contributed by atoms with Crippen LogP contribution in [-0.4, -0.2) is 18.3 Å². The zero-order valence-corrected chi connectivity index (χ0v) is 19.1. The number of hydrogen-bond donors (Lipinski definition) is 0. The zero-order valence-electron chi connectivity index (χ0n) is 17.0. The Balaban J connectivity index is 1.63. The fourth-order valence-electron chi connectivity index (χ4n) is 5.58. The molecule has 3 heteroatoms. The summed E-state index contributed by atoms with van der Waals surface area (Å²) in [6.07, 6.45) is 12.0. The van der Waals surface area contributed by atoms with Gasteiger partial charge >= 0.3 is 171 Å². The summed E-state index contributed by atoms with van der Waals surface area (Å²) in [4.78, 5) is 4.30. The van der Waals surface area contributed by atoms with E-state index in [1.54, 1.807) is 21.3 Å². The van der Waals surface area contributed by atoms with Crippen molar-refractivity contribution in [3.8, 4) is 22.4 Å². The van der Waals surface area contributed by atoms with Gasteiger partial charge in [0.25, 0.3) is 0 Å². The molecule has 2 aliphatic rings. The van der Waals surface area contributed by atoms with Crippen molar-refractivity contribution < 1.29 is 4.57 Å². The van der Waals surface area contributed by atoms with Gasteiger partial charge in [0, 0.05) is 0 Å². The maximum absolute atomic E-state index is 4.30. The topological polar surface area (TPSA) is 16.8 Å². The average Bonchev–Trinajstić information content (AvgIpc) is 3.19. The maximum atomic E-state index is 4.30. The van der Waals surface area contributed by atoms with Crippen LogP contribution in [0.25, 0.3) is 22.4 Å². The Morgan fingerprint density at radius 2 is 1.79 bits per heavy atom. The molecule has 28 heavy (non-hydrogen) atoms. The van der Waals surface area contributed by atoms with Crippen molar-refractivity contribution in [2.75, 3.05) is 0 Å². The van der Waals surface area contributed by atoms with Crippen molar-refractivity contribution in [3.63, 3.8) is 0 Å². The van der Waals surface area contributed by atoms with Gasteiger partial charge < -0.3 is 0 Å². The summed E-state index contributed by atoms with van der Waals surface area (Å²) in [6, 6.07) is 13.5. The van der Waals surface area contributed by atoms with Gasteiger partial charge in [-0.3, -0.25) is 0 Å². The van der Waals surface area contributed by atoms with Crippen LogP contribution in [0.3, 0.4) is 0 Å². The molecular formula is C25H29GeN2+. The molecule has 1 aromatic carbocycles. The van der Waals surface area contributed by atoms with E-state index in [1.165, 1.54) is 53.6 Å². The summed E-state index contributed by atoms with van der Waals surface area (Å²) in [5, 5.41) is 4.71. The summed E-state index contributed by atoms with van der Waals surface area (Å²) in [7, 11) is 2.26. The van der Waals surface area contributed by atoms with Crippen molar-refractivity contribution in [1.82, 2.24) is 4.98 Å². The third-order valence-corrected chi connectivity index (χ3v) is 18.7. The first-order valence-electron chi connectivity index (χ1n) is 10.7. The Morgan fingerprint density at radius 3 is 2.57 bits per heavy atom. The molecule has 1 spiro atoms. The predicted molar refractivity (Wildman–Crippen MR) is 118 cm³/mol. The molecule has 2 aromatic heterocycles. The Labute approximate surface area is 171 Å². The number of aryl methyl sites for hydroxylation is 3. The van der Waals surface area contributed by atoms with Gasteiger partial charge in [-0.15, -0.1) is 0 Å². The van der Waals surface area contributed by atoms with E-state index in [0.717, 1.165) is 0 Å². The van der Waals surface area contributed by atoms with Crippen LogP contribution in [0.1, 0.15) is 30.4 Å². The van der Waals surface area contributed by atoms with Crippen LogP contribution in [0.15, 0.2) is 55.0 Å². The number of aromatic nitrogens is 2. The molecule has 0 radical (unpaired) electrons. The van der Waals surface area contributed by atoms with Crippen LogP contribution in [0.4, 0.5) is 0 Å². The minimum absolute atomic E-state index is 1.18. The molecule has 0 N–H and O–H groups in total. The van der Waals surface area contributed by atoms with Gasteiger partial charge in [-0.25, -0.2) is 0 Å². The first-order valence-corrected chi connectivity index (χ1v) is 16.2. The fourth-order valence-corrected chi connectivity index (χ4v) is 17.3. The molecule has 0 atom stereocenters. The molecule has 3 aromatic rings. The van der Waals surface area contributed by atoms with Crippen molar-refractivity contribution in [2.24, 2.45) is 7.05 Å². The number of nitrogens with zero attached hydrogens (tertiary/aromatic N) is 2. The number of hydrogen-bond acceptors (Lipinski definition) is 1. The number of fused-ring (bicyclic) bond motifs is 2. The molecule has 0 bridgehead atoms. The number of pyridine rings is 2. The molecule has 1 saturated heterocycles. The third-order valence-electron chi connectivity index (χ3n) is 7.10. The van der Waals surface area contributed by atoms with Crippen LogP contribution in [-0.2, 0) is 13.5 Å². The second-order valence-corrected chi connectivity index (χ2v) is 18.5. The van der Waals surface area contributed by atoms with Gasteiger partial charge in [0.05, 0.1) is 0 Å². The van der Waals surface area contributed by atoms with E-state index in [-0.39, 0.29) is 0 Å². The van der Waals surface area contributed by atoms with E-state index < -0.39 is 13.3 Å². The molecule has 1 fully saturated rings. The van der Waals surface area contributed by atoms with Gasteiger partial charge in [-0.1, -0.05) is 0 Å². The first-order chi connectivity index (χ1) is 13.7. The molecule has 0 aliphatic carbocycles. The Kier molecular flexibility index (Phi) is 4.62. The summed E-state index contributed by atoms with van der Waals surface area (Å²) >= 11 is -1.79. The summed E-state index contributed by atoms with van der Waals surface area (Å²) < 4.78 is 4.25. The van der Waals surface area contributed by atoms with Crippen LogP contribution < -0.4 is 8.96 Å². The monoisotopic (exact) mass is 431 g/mol. The van der Waals surface area contributed by atoms with Gasteiger partial charge in [0.15, 0.2) is 0 Å². The second kappa shape index (κ2) is 7.15. The minimum atomic E-state index is -1.79. The number of rotatable bonds is 2. The van der Waals surface area contributed by atoms with Crippen LogP contribution in [0.2, 0.25) is 15.8 Å². The molecule has 5 rings (SSSR count). The van der Waals surface area contributed by atoms with E-state index in [0.29, 0.717) is 0 Å². The van der Waals surface area contributed by atoms with E-state index in [2.05, 4.69) is 60.1 Å². The normalized spacial score (nSPS) is 17.6. The molecule has 142 valence electrons. The standard InChI is InChI=1S/C25H29GeN2/c1-19-9-10-20(22-8-6-14-27-17-22)15-23(19)25-16-21-7-5-13-26(11-3-4-12-26)24(21)18-28(25)2/h6,8-10,14-18H,3-5,7,11-13H2,1-2H3/q+1. The van der Waals surface area contributed by atoms with Gasteiger partial charge in [-0.2, -0.15) is 0 Å². The van der Waals surface area contributed by atoms with Gasteiger partial charge in [0.1, 0.15) is 0 Å². The third kappa shape index (κ3) is 3.02.